The van der Waals surface area contributed by atoms with Crippen molar-refractivity contribution in [1.82, 2.24) is 5.16 Å². The lowest BCUT2D eigenvalue weighted by Gasteiger charge is -2.21. The minimum absolute atomic E-state index is 0.222. The summed E-state index contributed by atoms with van der Waals surface area (Å²) in [6.07, 6.45) is 1.49. The van der Waals surface area contributed by atoms with Gasteiger partial charge in [-0.25, -0.2) is 0 Å². The molecule has 6 nitrogen and oxygen atoms in total. The lowest BCUT2D eigenvalue weighted by atomic mass is 9.94. The van der Waals surface area contributed by atoms with Gasteiger partial charge in [-0.3, -0.25) is 4.79 Å². The number of hydrogen-bond donors (Lipinski definition) is 3. The van der Waals surface area contributed by atoms with Gasteiger partial charge in [0, 0.05) is 18.0 Å². The van der Waals surface area contributed by atoms with Gasteiger partial charge >= 0.3 is 0 Å². The molecule has 22 heavy (non-hydrogen) atoms. The monoisotopic (exact) mass is 303 g/mol. The second-order valence-electron chi connectivity index (χ2n) is 5.43. The molecule has 1 amide bonds. The van der Waals surface area contributed by atoms with Crippen LogP contribution in [-0.4, -0.2) is 28.3 Å². The van der Waals surface area contributed by atoms with E-state index in [-0.39, 0.29) is 18.2 Å². The zero-order valence-corrected chi connectivity index (χ0v) is 12.5. The fourth-order valence-corrected chi connectivity index (χ4v) is 2.19. The molecule has 1 aromatic carbocycles. The molecular formula is C16H21N3O3. The van der Waals surface area contributed by atoms with Crippen molar-refractivity contribution >= 4 is 11.7 Å². The SMILES string of the molecule is C[C@H](C[C@H](O)[C@@H](N)Cc1ccccc1)C(=O)Nc1ccon1. The molecule has 2 aromatic rings. The first-order valence-electron chi connectivity index (χ1n) is 7.25. The Labute approximate surface area is 129 Å². The average Bonchev–Trinajstić information content (AvgIpc) is 3.01. The molecule has 1 heterocycles. The van der Waals surface area contributed by atoms with Gasteiger partial charge in [-0.1, -0.05) is 42.4 Å². The minimum atomic E-state index is -0.752. The van der Waals surface area contributed by atoms with E-state index in [1.54, 1.807) is 13.0 Å². The van der Waals surface area contributed by atoms with Crippen molar-refractivity contribution in [2.45, 2.75) is 31.9 Å². The van der Waals surface area contributed by atoms with Crippen LogP contribution < -0.4 is 11.1 Å². The highest BCUT2D eigenvalue weighted by Crippen LogP contribution is 2.14. The van der Waals surface area contributed by atoms with Crippen molar-refractivity contribution < 1.29 is 14.4 Å². The highest BCUT2D eigenvalue weighted by Gasteiger charge is 2.22. The third-order valence-electron chi connectivity index (χ3n) is 3.54. The maximum absolute atomic E-state index is 12.0. The summed E-state index contributed by atoms with van der Waals surface area (Å²) in [6.45, 7) is 1.74. The molecule has 1 aromatic heterocycles. The second kappa shape index (κ2) is 7.72. The number of nitrogens with two attached hydrogens (primary N) is 1. The van der Waals surface area contributed by atoms with Gasteiger partial charge in [-0.05, 0) is 18.4 Å². The summed E-state index contributed by atoms with van der Waals surface area (Å²) < 4.78 is 4.65. The molecular weight excluding hydrogens is 282 g/mol. The number of carbonyl (C=O) groups excluding carboxylic acids is 1. The van der Waals surface area contributed by atoms with Crippen LogP contribution in [-0.2, 0) is 11.2 Å². The largest absolute Gasteiger partial charge is 0.391 e. The summed E-state index contributed by atoms with van der Waals surface area (Å²) in [5.41, 5.74) is 7.09. The van der Waals surface area contributed by atoms with Gasteiger partial charge in [-0.15, -0.1) is 0 Å². The van der Waals surface area contributed by atoms with Gasteiger partial charge in [0.25, 0.3) is 0 Å². The number of hydrogen-bond acceptors (Lipinski definition) is 5. The van der Waals surface area contributed by atoms with E-state index in [9.17, 15) is 9.90 Å². The summed E-state index contributed by atoms with van der Waals surface area (Å²) >= 11 is 0. The normalized spacial score (nSPS) is 15.0. The molecule has 6 heteroatoms. The molecule has 0 fully saturated rings. The van der Waals surface area contributed by atoms with Crippen molar-refractivity contribution in [3.05, 3.63) is 48.2 Å². The summed E-state index contributed by atoms with van der Waals surface area (Å²) in [5, 5.41) is 16.4. The molecule has 4 N–H and O–H groups in total. The zero-order chi connectivity index (χ0) is 15.9. The molecule has 0 aliphatic heterocycles. The van der Waals surface area contributed by atoms with Gasteiger partial charge in [-0.2, -0.15) is 0 Å². The lowest BCUT2D eigenvalue weighted by Crippen LogP contribution is -2.39. The average molecular weight is 303 g/mol. The Morgan fingerprint density at radius 2 is 2.09 bits per heavy atom. The maximum atomic E-state index is 12.0. The van der Waals surface area contributed by atoms with Crippen molar-refractivity contribution in [2.24, 2.45) is 11.7 Å². The van der Waals surface area contributed by atoms with Gasteiger partial charge in [0.15, 0.2) is 5.82 Å². The fraction of sp³-hybridized carbons (Fsp3) is 0.375. The van der Waals surface area contributed by atoms with Crippen LogP contribution >= 0.6 is 0 Å². The van der Waals surface area contributed by atoms with Crippen LogP contribution in [0, 0.1) is 5.92 Å². The van der Waals surface area contributed by atoms with Crippen LogP contribution in [0.15, 0.2) is 47.2 Å². The van der Waals surface area contributed by atoms with Crippen LogP contribution in [0.1, 0.15) is 18.9 Å². The highest BCUT2D eigenvalue weighted by molar-refractivity contribution is 5.91. The Morgan fingerprint density at radius 1 is 1.36 bits per heavy atom. The molecule has 118 valence electrons. The third-order valence-corrected chi connectivity index (χ3v) is 3.54. The smallest absolute Gasteiger partial charge is 0.228 e. The van der Waals surface area contributed by atoms with Crippen LogP contribution in [0.3, 0.4) is 0 Å². The molecule has 0 spiro atoms. The number of carbonyl (C=O) groups is 1. The summed E-state index contributed by atoms with van der Waals surface area (Å²) in [5.74, 6) is -0.242. The van der Waals surface area contributed by atoms with Crippen molar-refractivity contribution in [3.8, 4) is 0 Å². The molecule has 0 saturated carbocycles. The summed E-state index contributed by atoms with van der Waals surface area (Å²) in [4.78, 5) is 12.0. The van der Waals surface area contributed by atoms with Crippen molar-refractivity contribution in [2.75, 3.05) is 5.32 Å². The topological polar surface area (TPSA) is 101 Å². The van der Waals surface area contributed by atoms with E-state index in [4.69, 9.17) is 5.73 Å². The number of rotatable bonds is 7. The number of benzene rings is 1. The number of nitrogens with zero attached hydrogens (tertiary/aromatic N) is 1. The van der Waals surface area contributed by atoms with E-state index < -0.39 is 12.1 Å². The van der Waals surface area contributed by atoms with E-state index >= 15 is 0 Å². The predicted octanol–water partition coefficient (Wildman–Crippen LogP) is 1.57. The van der Waals surface area contributed by atoms with Gasteiger partial charge in [0.1, 0.15) is 6.26 Å². The molecule has 0 aliphatic rings. The second-order valence-corrected chi connectivity index (χ2v) is 5.43. The number of anilines is 1. The lowest BCUT2D eigenvalue weighted by molar-refractivity contribution is -0.120. The summed E-state index contributed by atoms with van der Waals surface area (Å²) in [6, 6.07) is 10.9. The maximum Gasteiger partial charge on any atom is 0.228 e. The zero-order valence-electron chi connectivity index (χ0n) is 12.5. The number of amides is 1. The van der Waals surface area contributed by atoms with E-state index in [0.717, 1.165) is 5.56 Å². The Balaban J connectivity index is 1.82. The standard InChI is InChI=1S/C16H21N3O3/c1-11(16(21)18-15-7-8-22-19-15)9-14(20)13(17)10-12-5-3-2-4-6-12/h2-8,11,13-14,20H,9-10,17H2,1H3,(H,18,19,21)/t11-,13+,14+/m1/s1. The molecule has 0 aliphatic carbocycles. The molecule has 0 radical (unpaired) electrons. The van der Waals surface area contributed by atoms with Gasteiger partial charge in [0.05, 0.1) is 6.10 Å². The molecule has 0 unspecified atom stereocenters. The minimum Gasteiger partial charge on any atom is -0.391 e. The van der Waals surface area contributed by atoms with Crippen LogP contribution in [0.4, 0.5) is 5.82 Å². The van der Waals surface area contributed by atoms with Crippen molar-refractivity contribution in [1.29, 1.82) is 0 Å². The number of aromatic nitrogens is 1. The van der Waals surface area contributed by atoms with E-state index in [0.29, 0.717) is 12.2 Å². The highest BCUT2D eigenvalue weighted by atomic mass is 16.5. The number of aliphatic hydroxyl groups excluding tert-OH is 1. The first kappa shape index (κ1) is 16.2. The molecule has 0 saturated heterocycles. The van der Waals surface area contributed by atoms with E-state index in [2.05, 4.69) is 15.0 Å². The number of nitrogens with one attached hydrogen (secondary N) is 1. The van der Waals surface area contributed by atoms with Crippen LogP contribution in [0.2, 0.25) is 0 Å². The van der Waals surface area contributed by atoms with E-state index in [1.807, 2.05) is 30.3 Å². The fourth-order valence-electron chi connectivity index (χ4n) is 2.19. The first-order valence-corrected chi connectivity index (χ1v) is 7.25. The molecule has 2 rings (SSSR count). The first-order chi connectivity index (χ1) is 10.6. The predicted molar refractivity (Wildman–Crippen MR) is 83.0 cm³/mol. The third kappa shape index (κ3) is 4.68. The van der Waals surface area contributed by atoms with Crippen molar-refractivity contribution in [3.63, 3.8) is 0 Å². The molecule has 3 atom stereocenters. The van der Waals surface area contributed by atoms with E-state index in [1.165, 1.54) is 6.26 Å². The van der Waals surface area contributed by atoms with Crippen LogP contribution in [0.5, 0.6) is 0 Å². The quantitative estimate of drug-likeness (QED) is 0.720. The number of aliphatic hydroxyl groups is 1. The Bertz CT molecular complexity index is 572. The summed E-state index contributed by atoms with van der Waals surface area (Å²) in [7, 11) is 0. The Morgan fingerprint density at radius 3 is 2.73 bits per heavy atom. The van der Waals surface area contributed by atoms with Gasteiger partial charge in [0.2, 0.25) is 5.91 Å². The Hall–Kier alpha value is -2.18. The van der Waals surface area contributed by atoms with Crippen LogP contribution in [0.25, 0.3) is 0 Å². The Kier molecular flexibility index (Phi) is 5.68. The molecule has 0 bridgehead atoms. The van der Waals surface area contributed by atoms with Gasteiger partial charge < -0.3 is 20.7 Å².